The largest absolute Gasteiger partial charge is 0.418 e. The Balaban J connectivity index is 1.74. The lowest BCUT2D eigenvalue weighted by atomic mass is 10.1. The lowest BCUT2D eigenvalue weighted by molar-refractivity contribution is 0.0929. The van der Waals surface area contributed by atoms with Gasteiger partial charge in [0.1, 0.15) is 23.2 Å². The Morgan fingerprint density at radius 2 is 1.57 bits per heavy atom. The summed E-state index contributed by atoms with van der Waals surface area (Å²) in [6.45, 7) is 0. The molecular formula is C22H14ClF2N3O2. The first-order valence-corrected chi connectivity index (χ1v) is 9.30. The Hall–Kier alpha value is -3.58. The topological polar surface area (TPSA) is 68.0 Å². The van der Waals surface area contributed by atoms with Gasteiger partial charge in [-0.05, 0) is 30.3 Å². The maximum Gasteiger partial charge on any atom is 0.258 e. The highest BCUT2D eigenvalue weighted by Crippen LogP contribution is 2.30. The molecule has 0 spiro atoms. The predicted molar refractivity (Wildman–Crippen MR) is 107 cm³/mol. The number of aromatic nitrogens is 2. The molecule has 30 heavy (non-hydrogen) atoms. The Morgan fingerprint density at radius 1 is 0.900 bits per heavy atom. The first-order chi connectivity index (χ1) is 14.5. The molecule has 0 radical (unpaired) electrons. The van der Waals surface area contributed by atoms with Crippen molar-refractivity contribution in [3.05, 3.63) is 106 Å². The fourth-order valence-corrected chi connectivity index (χ4v) is 3.19. The number of amides is 1. The number of halogens is 3. The molecule has 1 atom stereocenters. The van der Waals surface area contributed by atoms with Gasteiger partial charge >= 0.3 is 0 Å². The van der Waals surface area contributed by atoms with Crippen LogP contribution in [-0.4, -0.2) is 16.1 Å². The fraction of sp³-hybridized carbons (Fsp3) is 0.0455. The average Bonchev–Trinajstić information content (AvgIpc) is 3.23. The van der Waals surface area contributed by atoms with Crippen LogP contribution in [0.3, 0.4) is 0 Å². The molecule has 1 amide bonds. The summed E-state index contributed by atoms with van der Waals surface area (Å²) in [6.07, 6.45) is 0. The zero-order valence-corrected chi connectivity index (χ0v) is 16.1. The number of hydrogen-bond donors (Lipinski definition) is 1. The molecule has 0 aliphatic carbocycles. The van der Waals surface area contributed by atoms with Gasteiger partial charge in [0.15, 0.2) is 0 Å². The van der Waals surface area contributed by atoms with E-state index in [1.807, 2.05) is 18.2 Å². The molecular weight excluding hydrogens is 412 g/mol. The van der Waals surface area contributed by atoms with Crippen LogP contribution in [0, 0.1) is 11.6 Å². The number of rotatable bonds is 5. The fourth-order valence-electron chi connectivity index (χ4n) is 2.95. The van der Waals surface area contributed by atoms with Gasteiger partial charge in [0.05, 0.1) is 0 Å². The summed E-state index contributed by atoms with van der Waals surface area (Å²) in [5.41, 5.74) is 0.408. The van der Waals surface area contributed by atoms with Crippen molar-refractivity contribution in [1.29, 1.82) is 0 Å². The van der Waals surface area contributed by atoms with E-state index in [1.54, 1.807) is 36.4 Å². The predicted octanol–water partition coefficient (Wildman–Crippen LogP) is 5.19. The highest BCUT2D eigenvalue weighted by molar-refractivity contribution is 6.31. The van der Waals surface area contributed by atoms with E-state index in [4.69, 9.17) is 16.0 Å². The van der Waals surface area contributed by atoms with Crippen molar-refractivity contribution in [3.63, 3.8) is 0 Å². The van der Waals surface area contributed by atoms with Crippen molar-refractivity contribution in [1.82, 2.24) is 15.5 Å². The molecule has 4 aromatic rings. The minimum Gasteiger partial charge on any atom is -0.418 e. The van der Waals surface area contributed by atoms with Crippen LogP contribution in [0.1, 0.15) is 27.9 Å². The van der Waals surface area contributed by atoms with Crippen LogP contribution in [-0.2, 0) is 0 Å². The van der Waals surface area contributed by atoms with Crippen LogP contribution in [0.25, 0.3) is 11.5 Å². The van der Waals surface area contributed by atoms with E-state index in [0.29, 0.717) is 16.1 Å². The van der Waals surface area contributed by atoms with E-state index in [-0.39, 0.29) is 11.8 Å². The number of benzene rings is 3. The molecule has 0 unspecified atom stereocenters. The lowest BCUT2D eigenvalue weighted by Gasteiger charge is -2.17. The standard InChI is InChI=1S/C22H14ClF2N3O2/c23-15-10-5-4-9-14(15)19(26-20(29)18-16(24)11-6-12-17(18)25)22-28-27-21(30-22)13-7-2-1-3-8-13/h1-12,19H,(H,26,29)/t19-/m1/s1. The summed E-state index contributed by atoms with van der Waals surface area (Å²) >= 11 is 6.30. The highest BCUT2D eigenvalue weighted by atomic mass is 35.5. The van der Waals surface area contributed by atoms with Gasteiger partial charge in [0.2, 0.25) is 11.8 Å². The summed E-state index contributed by atoms with van der Waals surface area (Å²) in [5.74, 6) is -2.70. The zero-order chi connectivity index (χ0) is 21.1. The second-order valence-corrected chi connectivity index (χ2v) is 6.74. The molecule has 0 saturated heterocycles. The summed E-state index contributed by atoms with van der Waals surface area (Å²) in [4.78, 5) is 12.7. The molecule has 1 heterocycles. The quantitative estimate of drug-likeness (QED) is 0.478. The summed E-state index contributed by atoms with van der Waals surface area (Å²) in [6, 6.07) is 17.9. The van der Waals surface area contributed by atoms with E-state index >= 15 is 0 Å². The number of hydrogen-bond acceptors (Lipinski definition) is 4. The maximum absolute atomic E-state index is 14.1. The van der Waals surface area contributed by atoms with Crippen LogP contribution in [0.15, 0.2) is 77.2 Å². The van der Waals surface area contributed by atoms with Crippen LogP contribution < -0.4 is 5.32 Å². The SMILES string of the molecule is O=C(N[C@@H](c1nnc(-c2ccccc2)o1)c1ccccc1Cl)c1c(F)cccc1F. The van der Waals surface area contributed by atoms with Crippen LogP contribution >= 0.6 is 11.6 Å². The first kappa shape index (κ1) is 19.7. The molecule has 0 saturated carbocycles. The second kappa shape index (κ2) is 8.42. The van der Waals surface area contributed by atoms with E-state index in [1.165, 1.54) is 6.07 Å². The van der Waals surface area contributed by atoms with Crippen molar-refractivity contribution >= 4 is 17.5 Å². The van der Waals surface area contributed by atoms with Gasteiger partial charge in [-0.25, -0.2) is 8.78 Å². The Labute approximate surface area is 175 Å². The molecule has 3 aromatic carbocycles. The van der Waals surface area contributed by atoms with Gasteiger partial charge in [0.25, 0.3) is 5.91 Å². The van der Waals surface area contributed by atoms with Gasteiger partial charge in [-0.2, -0.15) is 0 Å². The first-order valence-electron chi connectivity index (χ1n) is 8.92. The molecule has 0 aliphatic heterocycles. The van der Waals surface area contributed by atoms with E-state index in [2.05, 4.69) is 15.5 Å². The van der Waals surface area contributed by atoms with Gasteiger partial charge in [-0.1, -0.05) is 54.1 Å². The second-order valence-electron chi connectivity index (χ2n) is 6.34. The van der Waals surface area contributed by atoms with E-state index in [9.17, 15) is 13.6 Å². The molecule has 8 heteroatoms. The Kier molecular flexibility index (Phi) is 5.54. The van der Waals surface area contributed by atoms with Crippen molar-refractivity contribution in [2.45, 2.75) is 6.04 Å². The van der Waals surface area contributed by atoms with E-state index in [0.717, 1.165) is 12.1 Å². The van der Waals surface area contributed by atoms with Gasteiger partial charge < -0.3 is 9.73 Å². The number of carbonyl (C=O) groups is 1. The third-order valence-corrected chi connectivity index (χ3v) is 4.73. The molecule has 4 rings (SSSR count). The third-order valence-electron chi connectivity index (χ3n) is 4.39. The minimum absolute atomic E-state index is 0.0204. The van der Waals surface area contributed by atoms with Gasteiger partial charge in [-0.3, -0.25) is 4.79 Å². The number of nitrogens with one attached hydrogen (secondary N) is 1. The summed E-state index contributed by atoms with van der Waals surface area (Å²) in [7, 11) is 0. The van der Waals surface area contributed by atoms with Gasteiger partial charge in [-0.15, -0.1) is 10.2 Å². The van der Waals surface area contributed by atoms with Crippen LogP contribution in [0.4, 0.5) is 8.78 Å². The van der Waals surface area contributed by atoms with Crippen molar-refractivity contribution in [3.8, 4) is 11.5 Å². The molecule has 1 aromatic heterocycles. The number of carbonyl (C=O) groups excluding carboxylic acids is 1. The molecule has 150 valence electrons. The van der Waals surface area contributed by atoms with Crippen LogP contribution in [0.5, 0.6) is 0 Å². The molecule has 0 bridgehead atoms. The number of nitrogens with zero attached hydrogens (tertiary/aromatic N) is 2. The van der Waals surface area contributed by atoms with E-state index < -0.39 is 29.1 Å². The van der Waals surface area contributed by atoms with Crippen molar-refractivity contribution < 1.29 is 18.0 Å². The smallest absolute Gasteiger partial charge is 0.258 e. The highest BCUT2D eigenvalue weighted by Gasteiger charge is 2.28. The molecule has 0 fully saturated rings. The monoisotopic (exact) mass is 425 g/mol. The zero-order valence-electron chi connectivity index (χ0n) is 15.4. The molecule has 1 N–H and O–H groups in total. The minimum atomic E-state index is -1.02. The third kappa shape index (κ3) is 3.92. The Morgan fingerprint density at radius 3 is 2.27 bits per heavy atom. The van der Waals surface area contributed by atoms with Crippen LogP contribution in [0.2, 0.25) is 5.02 Å². The van der Waals surface area contributed by atoms with Gasteiger partial charge in [0, 0.05) is 16.1 Å². The normalized spacial score (nSPS) is 11.8. The Bertz CT molecular complexity index is 1180. The molecule has 5 nitrogen and oxygen atoms in total. The lowest BCUT2D eigenvalue weighted by Crippen LogP contribution is -2.31. The summed E-state index contributed by atoms with van der Waals surface area (Å²) in [5, 5.41) is 10.9. The van der Waals surface area contributed by atoms with Crippen molar-refractivity contribution in [2.75, 3.05) is 0 Å². The maximum atomic E-state index is 14.1. The summed E-state index contributed by atoms with van der Waals surface area (Å²) < 4.78 is 33.9. The average molecular weight is 426 g/mol. The molecule has 0 aliphatic rings. The van der Waals surface area contributed by atoms with Crippen molar-refractivity contribution in [2.24, 2.45) is 0 Å².